The van der Waals surface area contributed by atoms with E-state index >= 15 is 0 Å². The van der Waals surface area contributed by atoms with Gasteiger partial charge in [-0.05, 0) is 28.9 Å². The second-order valence-electron chi connectivity index (χ2n) is 4.98. The highest BCUT2D eigenvalue weighted by molar-refractivity contribution is 5.84. The first-order valence-electron chi connectivity index (χ1n) is 6.79. The lowest BCUT2D eigenvalue weighted by Gasteiger charge is -2.13. The van der Waals surface area contributed by atoms with Crippen molar-refractivity contribution < 1.29 is 9.78 Å². The summed E-state index contributed by atoms with van der Waals surface area (Å²) in [5.74, 6) is 0. The van der Waals surface area contributed by atoms with E-state index in [1.165, 1.54) is 22.3 Å². The lowest BCUT2D eigenvalue weighted by Crippen LogP contribution is -2.06. The molecule has 0 N–H and O–H groups in total. The van der Waals surface area contributed by atoms with Crippen LogP contribution < -0.4 is 0 Å². The first-order chi connectivity index (χ1) is 9.93. The van der Waals surface area contributed by atoms with Crippen molar-refractivity contribution in [2.24, 2.45) is 0 Å². The van der Waals surface area contributed by atoms with E-state index in [4.69, 9.17) is 9.78 Å². The van der Waals surface area contributed by atoms with Crippen LogP contribution in [0.1, 0.15) is 11.1 Å². The molecule has 98 valence electrons. The van der Waals surface area contributed by atoms with E-state index in [0.29, 0.717) is 0 Å². The molecular weight excluding hydrogens is 248 g/mol. The number of rotatable bonds is 2. The lowest BCUT2D eigenvalue weighted by atomic mass is 9.90. The monoisotopic (exact) mass is 262 g/mol. The van der Waals surface area contributed by atoms with Gasteiger partial charge in [-0.3, -0.25) is 0 Å². The molecule has 1 fully saturated rings. The van der Waals surface area contributed by atoms with Gasteiger partial charge in [0.2, 0.25) is 0 Å². The molecule has 0 unspecified atom stereocenters. The molecule has 20 heavy (non-hydrogen) atoms. The normalized spacial score (nSPS) is 23.3. The van der Waals surface area contributed by atoms with Gasteiger partial charge >= 0.3 is 0 Å². The van der Waals surface area contributed by atoms with Crippen molar-refractivity contribution in [3.05, 3.63) is 89.5 Å². The van der Waals surface area contributed by atoms with Gasteiger partial charge in [-0.1, -0.05) is 60.7 Å². The quantitative estimate of drug-likeness (QED) is 0.606. The Hall–Kier alpha value is -2.16. The molecule has 1 aliphatic carbocycles. The maximum absolute atomic E-state index is 5.34. The fourth-order valence-corrected chi connectivity index (χ4v) is 2.85. The van der Waals surface area contributed by atoms with Gasteiger partial charge in [0.25, 0.3) is 0 Å². The average Bonchev–Trinajstić information content (AvgIpc) is 3.10. The Morgan fingerprint density at radius 1 is 0.650 bits per heavy atom. The molecule has 0 radical (unpaired) electrons. The van der Waals surface area contributed by atoms with Gasteiger partial charge < -0.3 is 0 Å². The smallest absolute Gasteiger partial charge is 0.136 e. The van der Waals surface area contributed by atoms with Crippen LogP contribution in [-0.2, 0) is 9.78 Å². The van der Waals surface area contributed by atoms with E-state index < -0.39 is 0 Å². The van der Waals surface area contributed by atoms with Gasteiger partial charge in [-0.25, -0.2) is 9.78 Å². The predicted molar refractivity (Wildman–Crippen MR) is 77.8 cm³/mol. The van der Waals surface area contributed by atoms with Gasteiger partial charge in [0.05, 0.1) is 0 Å². The van der Waals surface area contributed by atoms with Gasteiger partial charge in [-0.2, -0.15) is 0 Å². The predicted octanol–water partition coefficient (Wildman–Crippen LogP) is 3.76. The maximum Gasteiger partial charge on any atom is 0.136 e. The third-order valence-electron chi connectivity index (χ3n) is 3.75. The Morgan fingerprint density at radius 3 is 1.50 bits per heavy atom. The van der Waals surface area contributed by atoms with Crippen LogP contribution in [-0.4, -0.2) is 12.2 Å². The van der Waals surface area contributed by atoms with Crippen LogP contribution >= 0.6 is 0 Å². The Bertz CT molecular complexity index is 614. The molecule has 0 spiro atoms. The van der Waals surface area contributed by atoms with Crippen LogP contribution in [0, 0.1) is 0 Å². The summed E-state index contributed by atoms with van der Waals surface area (Å²) in [5.41, 5.74) is 4.80. The average molecular weight is 262 g/mol. The molecule has 1 aliphatic heterocycles. The highest BCUT2D eigenvalue weighted by Crippen LogP contribution is 2.40. The van der Waals surface area contributed by atoms with Gasteiger partial charge in [0.15, 0.2) is 0 Å². The van der Waals surface area contributed by atoms with Crippen molar-refractivity contribution in [1.29, 1.82) is 0 Å². The van der Waals surface area contributed by atoms with Gasteiger partial charge in [-0.15, -0.1) is 0 Å². The summed E-state index contributed by atoms with van der Waals surface area (Å²) in [5, 5.41) is 0. The van der Waals surface area contributed by atoms with Crippen LogP contribution in [0.3, 0.4) is 0 Å². The molecule has 0 amide bonds. The zero-order valence-corrected chi connectivity index (χ0v) is 10.9. The Morgan fingerprint density at radius 2 is 1.10 bits per heavy atom. The first kappa shape index (κ1) is 11.6. The van der Waals surface area contributed by atoms with E-state index in [1.54, 1.807) is 0 Å². The van der Waals surface area contributed by atoms with Crippen molar-refractivity contribution in [3.63, 3.8) is 0 Å². The molecule has 0 aromatic heterocycles. The zero-order valence-electron chi connectivity index (χ0n) is 10.9. The second kappa shape index (κ2) is 4.75. The molecule has 1 saturated heterocycles. The summed E-state index contributed by atoms with van der Waals surface area (Å²) >= 11 is 0. The van der Waals surface area contributed by atoms with E-state index in [-0.39, 0.29) is 12.2 Å². The second-order valence-corrected chi connectivity index (χ2v) is 4.98. The Kier molecular flexibility index (Phi) is 2.76. The summed E-state index contributed by atoms with van der Waals surface area (Å²) in [7, 11) is 0. The van der Waals surface area contributed by atoms with E-state index in [2.05, 4.69) is 60.7 Å². The summed E-state index contributed by atoms with van der Waals surface area (Å²) in [6.45, 7) is 0. The molecular formula is C18H14O2. The molecule has 2 atom stereocenters. The minimum Gasteiger partial charge on any atom is -0.224 e. The molecule has 2 aromatic carbocycles. The molecule has 2 aromatic rings. The molecule has 2 heteroatoms. The van der Waals surface area contributed by atoms with E-state index in [0.717, 1.165) is 0 Å². The van der Waals surface area contributed by atoms with Gasteiger partial charge in [0, 0.05) is 5.57 Å². The largest absolute Gasteiger partial charge is 0.224 e. The summed E-state index contributed by atoms with van der Waals surface area (Å²) in [6.07, 6.45) is 4.01. The summed E-state index contributed by atoms with van der Waals surface area (Å²) in [4.78, 5) is 10.7. The van der Waals surface area contributed by atoms with Crippen molar-refractivity contribution in [1.82, 2.24) is 0 Å². The molecule has 2 nitrogen and oxygen atoms in total. The fourth-order valence-electron chi connectivity index (χ4n) is 2.85. The van der Waals surface area contributed by atoms with Crippen molar-refractivity contribution in [2.75, 3.05) is 0 Å². The van der Waals surface area contributed by atoms with Crippen molar-refractivity contribution in [3.8, 4) is 0 Å². The fraction of sp³-hybridized carbons (Fsp3) is 0.111. The third-order valence-corrected chi connectivity index (χ3v) is 3.75. The van der Waals surface area contributed by atoms with Crippen LogP contribution in [0.15, 0.2) is 78.4 Å². The number of benzene rings is 2. The third kappa shape index (κ3) is 1.82. The highest BCUT2D eigenvalue weighted by atomic mass is 17.2. The van der Waals surface area contributed by atoms with Crippen LogP contribution in [0.5, 0.6) is 0 Å². The van der Waals surface area contributed by atoms with E-state index in [9.17, 15) is 0 Å². The summed E-state index contributed by atoms with van der Waals surface area (Å²) in [6, 6.07) is 20.8. The minimum absolute atomic E-state index is 0.0598. The number of fused-ring (bicyclic) bond motifs is 2. The van der Waals surface area contributed by atoms with Crippen LogP contribution in [0.25, 0.3) is 5.57 Å². The van der Waals surface area contributed by atoms with Gasteiger partial charge in [0.1, 0.15) is 12.2 Å². The Labute approximate surface area is 117 Å². The minimum atomic E-state index is -0.0598. The van der Waals surface area contributed by atoms with Crippen molar-refractivity contribution in [2.45, 2.75) is 12.2 Å². The SMILES string of the molecule is C1=C[C@H]2OO[C@@H]1C2=C(c1ccccc1)c1ccccc1. The highest BCUT2D eigenvalue weighted by Gasteiger charge is 2.38. The zero-order chi connectivity index (χ0) is 13.4. The number of hydrogen-bond acceptors (Lipinski definition) is 2. The van der Waals surface area contributed by atoms with Crippen molar-refractivity contribution >= 4 is 5.57 Å². The van der Waals surface area contributed by atoms with E-state index in [1.807, 2.05) is 12.1 Å². The molecule has 0 saturated carbocycles. The number of hydrogen-bond donors (Lipinski definition) is 0. The maximum atomic E-state index is 5.34. The molecule has 4 rings (SSSR count). The van der Waals surface area contributed by atoms with Crippen LogP contribution in [0.2, 0.25) is 0 Å². The van der Waals surface area contributed by atoms with Crippen LogP contribution in [0.4, 0.5) is 0 Å². The topological polar surface area (TPSA) is 18.5 Å². The summed E-state index contributed by atoms with van der Waals surface area (Å²) < 4.78 is 0. The lowest BCUT2D eigenvalue weighted by molar-refractivity contribution is -0.286. The molecule has 1 heterocycles. The first-order valence-corrected chi connectivity index (χ1v) is 6.79. The Balaban J connectivity index is 1.94. The molecule has 2 bridgehead atoms. The standard InChI is InChI=1S/C18H14O2/c1-3-7-13(8-4-1)17(14-9-5-2-6-10-14)18-15-11-12-16(18)20-19-15/h1-12,15-16H/t15-,16+. The molecule has 2 aliphatic rings.